The zero-order valence-corrected chi connectivity index (χ0v) is 17.1. The Hall–Kier alpha value is -1.66. The van der Waals surface area contributed by atoms with Crippen molar-refractivity contribution in [3.8, 4) is 0 Å². The summed E-state index contributed by atoms with van der Waals surface area (Å²) in [4.78, 5) is 31.5. The van der Waals surface area contributed by atoms with E-state index >= 15 is 0 Å². The summed E-state index contributed by atoms with van der Waals surface area (Å²) in [6.07, 6.45) is 3.00. The van der Waals surface area contributed by atoms with E-state index < -0.39 is 0 Å². The number of amides is 1. The lowest BCUT2D eigenvalue weighted by Gasteiger charge is -2.34. The van der Waals surface area contributed by atoms with Gasteiger partial charge < -0.3 is 9.47 Å². The summed E-state index contributed by atoms with van der Waals surface area (Å²) in [5.41, 5.74) is 0.588. The van der Waals surface area contributed by atoms with E-state index in [9.17, 15) is 9.59 Å². The van der Waals surface area contributed by atoms with Crippen LogP contribution in [0.2, 0.25) is 0 Å². The van der Waals surface area contributed by atoms with Crippen LogP contribution < -0.4 is 5.56 Å². The highest BCUT2D eigenvalue weighted by Crippen LogP contribution is 2.29. The van der Waals surface area contributed by atoms with Crippen molar-refractivity contribution >= 4 is 27.3 Å². The number of hydrogen-bond acceptors (Lipinski definition) is 4. The molecule has 5 nitrogen and oxygen atoms in total. The van der Waals surface area contributed by atoms with E-state index in [0.717, 1.165) is 48.7 Å². The molecule has 26 heavy (non-hydrogen) atoms. The van der Waals surface area contributed by atoms with Gasteiger partial charge in [-0.25, -0.2) is 0 Å². The third-order valence-corrected chi connectivity index (χ3v) is 6.04. The van der Waals surface area contributed by atoms with E-state index in [1.54, 1.807) is 15.9 Å². The number of aromatic nitrogens is 1. The van der Waals surface area contributed by atoms with E-state index in [4.69, 9.17) is 0 Å². The van der Waals surface area contributed by atoms with Crippen LogP contribution in [0.3, 0.4) is 0 Å². The summed E-state index contributed by atoms with van der Waals surface area (Å²) in [7, 11) is 0. The lowest BCUT2D eigenvalue weighted by atomic mass is 10.1. The molecule has 2 aromatic rings. The molecule has 1 fully saturated rings. The minimum atomic E-state index is -0.0338. The molecule has 1 aliphatic heterocycles. The van der Waals surface area contributed by atoms with Gasteiger partial charge in [0.05, 0.1) is 10.9 Å². The van der Waals surface area contributed by atoms with Gasteiger partial charge in [-0.15, -0.1) is 11.3 Å². The van der Waals surface area contributed by atoms with E-state index in [-0.39, 0.29) is 11.5 Å². The zero-order valence-electron chi connectivity index (χ0n) is 16.2. The summed E-state index contributed by atoms with van der Waals surface area (Å²) in [5.74, 6) is 0.403. The Bertz CT molecular complexity index is 845. The van der Waals surface area contributed by atoms with Gasteiger partial charge in [-0.2, -0.15) is 0 Å². The highest BCUT2D eigenvalue weighted by molar-refractivity contribution is 7.19. The van der Waals surface area contributed by atoms with Crippen LogP contribution in [0.25, 0.3) is 10.1 Å². The standard InChI is InChI=1S/C20H29N3O2S/c1-5-7-21-9-11-22(12-10-21)19(24)17-15(4)26-16-6-8-23(13-14(2)3)20(25)18(16)17/h6,8,14H,5,7,9-13H2,1-4H3. The fraction of sp³-hybridized carbons (Fsp3) is 0.600. The first-order chi connectivity index (χ1) is 12.4. The van der Waals surface area contributed by atoms with Crippen molar-refractivity contribution in [2.45, 2.75) is 40.7 Å². The molecule has 1 saturated heterocycles. The second-order valence-electron chi connectivity index (χ2n) is 7.57. The van der Waals surface area contributed by atoms with Crippen LogP contribution in [0.5, 0.6) is 0 Å². The second-order valence-corrected chi connectivity index (χ2v) is 8.83. The molecule has 0 N–H and O–H groups in total. The van der Waals surface area contributed by atoms with Gasteiger partial charge >= 0.3 is 0 Å². The maximum Gasteiger partial charge on any atom is 0.260 e. The predicted molar refractivity (Wildman–Crippen MR) is 108 cm³/mol. The minimum Gasteiger partial charge on any atom is -0.336 e. The van der Waals surface area contributed by atoms with Gasteiger partial charge in [0.1, 0.15) is 0 Å². The second kappa shape index (κ2) is 7.92. The number of aryl methyl sites for hydroxylation is 1. The fourth-order valence-corrected chi connectivity index (χ4v) is 4.75. The number of carbonyl (C=O) groups is 1. The Morgan fingerprint density at radius 2 is 1.92 bits per heavy atom. The first kappa shape index (κ1) is 19.1. The number of thiophene rings is 1. The summed E-state index contributed by atoms with van der Waals surface area (Å²) in [6.45, 7) is 13.4. The normalized spacial score (nSPS) is 16.0. The number of fused-ring (bicyclic) bond motifs is 1. The van der Waals surface area contributed by atoms with Crippen molar-refractivity contribution in [2.75, 3.05) is 32.7 Å². The predicted octanol–water partition coefficient (Wildman–Crippen LogP) is 3.20. The molecule has 0 saturated carbocycles. The van der Waals surface area contributed by atoms with Crippen LogP contribution in [0.1, 0.15) is 42.4 Å². The van der Waals surface area contributed by atoms with E-state index in [1.807, 2.05) is 24.1 Å². The third kappa shape index (κ3) is 3.71. The Morgan fingerprint density at radius 3 is 2.54 bits per heavy atom. The molecule has 6 heteroatoms. The van der Waals surface area contributed by atoms with Gasteiger partial charge in [0.25, 0.3) is 11.5 Å². The molecular formula is C20H29N3O2S. The van der Waals surface area contributed by atoms with E-state index in [0.29, 0.717) is 23.4 Å². The number of pyridine rings is 1. The number of hydrogen-bond donors (Lipinski definition) is 0. The van der Waals surface area contributed by atoms with Gasteiger partial charge in [-0.1, -0.05) is 20.8 Å². The Balaban J connectivity index is 1.93. The highest BCUT2D eigenvalue weighted by Gasteiger charge is 2.27. The van der Waals surface area contributed by atoms with Crippen LogP contribution in [0.4, 0.5) is 0 Å². The molecule has 0 aliphatic carbocycles. The Labute approximate surface area is 159 Å². The molecule has 0 bridgehead atoms. The molecule has 3 rings (SSSR count). The average Bonchev–Trinajstić information content (AvgIpc) is 2.94. The van der Waals surface area contributed by atoms with Crippen molar-refractivity contribution in [3.63, 3.8) is 0 Å². The molecule has 142 valence electrons. The molecule has 1 aliphatic rings. The number of carbonyl (C=O) groups excluding carboxylic acids is 1. The SMILES string of the molecule is CCCN1CCN(C(=O)c2c(C)sc3ccn(CC(C)C)c(=O)c23)CC1. The number of nitrogens with zero attached hydrogens (tertiary/aromatic N) is 3. The lowest BCUT2D eigenvalue weighted by molar-refractivity contribution is 0.0639. The van der Waals surface area contributed by atoms with Gasteiger partial charge in [0.2, 0.25) is 0 Å². The Kier molecular flexibility index (Phi) is 5.82. The molecule has 2 aromatic heterocycles. The van der Waals surface area contributed by atoms with Crippen LogP contribution in [0, 0.1) is 12.8 Å². The topological polar surface area (TPSA) is 45.5 Å². The zero-order chi connectivity index (χ0) is 18.8. The Morgan fingerprint density at radius 1 is 1.23 bits per heavy atom. The van der Waals surface area contributed by atoms with Crippen molar-refractivity contribution in [1.82, 2.24) is 14.4 Å². The first-order valence-electron chi connectivity index (χ1n) is 9.56. The molecule has 0 radical (unpaired) electrons. The quantitative estimate of drug-likeness (QED) is 0.806. The number of piperazine rings is 1. The molecule has 0 spiro atoms. The van der Waals surface area contributed by atoms with E-state index in [2.05, 4.69) is 25.7 Å². The first-order valence-corrected chi connectivity index (χ1v) is 10.4. The van der Waals surface area contributed by atoms with E-state index in [1.165, 1.54) is 0 Å². The van der Waals surface area contributed by atoms with Crippen LogP contribution >= 0.6 is 11.3 Å². The van der Waals surface area contributed by atoms with Crippen LogP contribution in [0.15, 0.2) is 17.1 Å². The van der Waals surface area contributed by atoms with Gasteiger partial charge in [0, 0.05) is 48.5 Å². The van der Waals surface area contributed by atoms with Crippen molar-refractivity contribution in [1.29, 1.82) is 0 Å². The largest absolute Gasteiger partial charge is 0.336 e. The van der Waals surface area contributed by atoms with Crippen LogP contribution in [-0.2, 0) is 6.54 Å². The summed E-state index contributed by atoms with van der Waals surface area (Å²) in [5, 5.41) is 0.608. The molecule has 0 atom stereocenters. The smallest absolute Gasteiger partial charge is 0.260 e. The molecule has 3 heterocycles. The maximum atomic E-state index is 13.2. The highest BCUT2D eigenvalue weighted by atomic mass is 32.1. The summed E-state index contributed by atoms with van der Waals surface area (Å²) < 4.78 is 2.66. The van der Waals surface area contributed by atoms with Crippen LogP contribution in [-0.4, -0.2) is 53.0 Å². The van der Waals surface area contributed by atoms with Gasteiger partial charge in [-0.05, 0) is 31.9 Å². The molecule has 0 unspecified atom stereocenters. The maximum absolute atomic E-state index is 13.2. The minimum absolute atomic E-state index is 0.0179. The monoisotopic (exact) mass is 375 g/mol. The molecular weight excluding hydrogens is 346 g/mol. The molecule has 1 amide bonds. The fourth-order valence-electron chi connectivity index (χ4n) is 3.71. The van der Waals surface area contributed by atoms with Crippen molar-refractivity contribution in [2.24, 2.45) is 5.92 Å². The molecule has 0 aromatic carbocycles. The number of rotatable bonds is 5. The lowest BCUT2D eigenvalue weighted by Crippen LogP contribution is -2.49. The van der Waals surface area contributed by atoms with Gasteiger partial charge in [0.15, 0.2) is 0 Å². The van der Waals surface area contributed by atoms with Crippen molar-refractivity contribution in [3.05, 3.63) is 33.1 Å². The average molecular weight is 376 g/mol. The summed E-state index contributed by atoms with van der Waals surface area (Å²) >= 11 is 1.55. The van der Waals surface area contributed by atoms with Gasteiger partial charge in [-0.3, -0.25) is 14.5 Å². The summed E-state index contributed by atoms with van der Waals surface area (Å²) in [6, 6.07) is 1.98. The third-order valence-electron chi connectivity index (χ3n) is 4.97. The van der Waals surface area contributed by atoms with Crippen molar-refractivity contribution < 1.29 is 4.79 Å².